The molecule has 35 heavy (non-hydrogen) atoms. The predicted octanol–water partition coefficient (Wildman–Crippen LogP) is 7.53. The lowest BCUT2D eigenvalue weighted by atomic mass is 9.95. The van der Waals surface area contributed by atoms with Crippen LogP contribution in [0.15, 0.2) is 109 Å². The number of H-pyrrole nitrogens is 1. The highest BCUT2D eigenvalue weighted by Gasteiger charge is 2.23. The quantitative estimate of drug-likeness (QED) is 0.300. The van der Waals surface area contributed by atoms with Crippen LogP contribution in [0.25, 0.3) is 61.0 Å². The molecule has 166 valence electrons. The minimum absolute atomic E-state index is 0.266. The van der Waals surface area contributed by atoms with Crippen LogP contribution in [0.4, 0.5) is 4.39 Å². The lowest BCUT2D eigenvalue weighted by Gasteiger charge is -2.09. The molecule has 4 aromatic carbocycles. The maximum Gasteiger partial charge on any atom is 0.164 e. The molecule has 0 spiro atoms. The molecule has 0 atom stereocenters. The second-order valence-corrected chi connectivity index (χ2v) is 8.54. The molecule has 0 aliphatic heterocycles. The van der Waals surface area contributed by atoms with Crippen molar-refractivity contribution >= 4 is 33.0 Å². The number of halogens is 1. The fourth-order valence-corrected chi connectivity index (χ4v) is 4.90. The molecule has 0 amide bonds. The third-order valence-corrected chi connectivity index (χ3v) is 6.45. The van der Waals surface area contributed by atoms with Gasteiger partial charge in [-0.2, -0.15) is 0 Å². The Labute approximate surface area is 200 Å². The monoisotopic (exact) mass is 454 g/mol. The van der Waals surface area contributed by atoms with E-state index in [1.807, 2.05) is 83.5 Å². The van der Waals surface area contributed by atoms with E-state index in [0.29, 0.717) is 5.65 Å². The molecule has 0 bridgehead atoms. The van der Waals surface area contributed by atoms with Gasteiger partial charge in [-0.25, -0.2) is 19.0 Å². The van der Waals surface area contributed by atoms with Crippen LogP contribution in [0.2, 0.25) is 0 Å². The Balaban J connectivity index is 1.72. The van der Waals surface area contributed by atoms with Crippen LogP contribution < -0.4 is 0 Å². The molecule has 0 aliphatic rings. The van der Waals surface area contributed by atoms with Crippen LogP contribution in [-0.4, -0.2) is 19.7 Å². The zero-order valence-electron chi connectivity index (χ0n) is 18.6. The Morgan fingerprint density at radius 2 is 1.31 bits per heavy atom. The van der Waals surface area contributed by atoms with Crippen molar-refractivity contribution in [2.24, 2.45) is 0 Å². The fourth-order valence-electron chi connectivity index (χ4n) is 4.90. The zero-order valence-corrected chi connectivity index (χ0v) is 18.6. The Morgan fingerprint density at radius 1 is 0.629 bits per heavy atom. The summed E-state index contributed by atoms with van der Waals surface area (Å²) in [5.41, 5.74) is 7.19. The number of rotatable bonds is 3. The molecule has 0 aliphatic carbocycles. The number of aromatic amines is 1. The van der Waals surface area contributed by atoms with Gasteiger partial charge >= 0.3 is 0 Å². The molecule has 4 nitrogen and oxygen atoms in total. The molecular weight excluding hydrogens is 435 g/mol. The number of aromatic nitrogens is 4. The zero-order chi connectivity index (χ0) is 23.4. The minimum atomic E-state index is -0.266. The second-order valence-electron chi connectivity index (χ2n) is 8.54. The van der Waals surface area contributed by atoms with E-state index in [1.165, 1.54) is 12.1 Å². The maximum atomic E-state index is 14.0. The predicted molar refractivity (Wildman–Crippen MR) is 139 cm³/mol. The van der Waals surface area contributed by atoms with Gasteiger partial charge in [-0.3, -0.25) is 5.10 Å². The van der Waals surface area contributed by atoms with Gasteiger partial charge in [0.05, 0.1) is 22.3 Å². The molecule has 3 heterocycles. The van der Waals surface area contributed by atoms with E-state index in [1.54, 1.807) is 0 Å². The van der Waals surface area contributed by atoms with Gasteiger partial charge in [-0.1, -0.05) is 78.9 Å². The normalized spacial score (nSPS) is 11.6. The van der Waals surface area contributed by atoms with Crippen LogP contribution in [-0.2, 0) is 0 Å². The number of para-hydroxylation sites is 2. The van der Waals surface area contributed by atoms with E-state index in [-0.39, 0.29) is 5.82 Å². The number of benzene rings is 4. The molecular formula is C30H19FN4. The topological polar surface area (TPSA) is 46.5 Å². The summed E-state index contributed by atoms with van der Waals surface area (Å²) >= 11 is 0. The van der Waals surface area contributed by atoms with E-state index < -0.39 is 0 Å². The van der Waals surface area contributed by atoms with Crippen molar-refractivity contribution in [3.05, 3.63) is 115 Å². The first kappa shape index (κ1) is 19.7. The van der Waals surface area contributed by atoms with Crippen molar-refractivity contribution in [1.82, 2.24) is 19.7 Å². The number of hydrogen-bond donors (Lipinski definition) is 1. The fraction of sp³-hybridized carbons (Fsp3) is 0. The lowest BCUT2D eigenvalue weighted by Crippen LogP contribution is -1.98. The number of fused-ring (bicyclic) bond motifs is 4. The van der Waals surface area contributed by atoms with Gasteiger partial charge in [0.15, 0.2) is 11.3 Å². The van der Waals surface area contributed by atoms with Crippen molar-refractivity contribution in [3.8, 4) is 28.1 Å². The SMILES string of the molecule is Fc1ccc(-c2c3c(-c4ccccc4)[nH]n(-c4ccccc4)c3nc3nc4ccccc4c23)cc1. The van der Waals surface area contributed by atoms with Crippen molar-refractivity contribution < 1.29 is 4.39 Å². The molecule has 0 radical (unpaired) electrons. The molecule has 0 unspecified atom stereocenters. The number of nitrogens with zero attached hydrogens (tertiary/aromatic N) is 3. The summed E-state index contributed by atoms with van der Waals surface area (Å²) in [5.74, 6) is -0.266. The minimum Gasteiger partial charge on any atom is -0.291 e. The van der Waals surface area contributed by atoms with Gasteiger partial charge in [0.25, 0.3) is 0 Å². The summed E-state index contributed by atoms with van der Waals surface area (Å²) in [6.07, 6.45) is 0. The number of pyridine rings is 1. The largest absolute Gasteiger partial charge is 0.291 e. The number of hydrogen-bond acceptors (Lipinski definition) is 2. The summed E-state index contributed by atoms with van der Waals surface area (Å²) in [4.78, 5) is 9.96. The summed E-state index contributed by atoms with van der Waals surface area (Å²) in [5, 5.41) is 6.58. The van der Waals surface area contributed by atoms with Crippen molar-refractivity contribution in [3.63, 3.8) is 0 Å². The van der Waals surface area contributed by atoms with Gasteiger partial charge in [-0.15, -0.1) is 0 Å². The second kappa shape index (κ2) is 7.64. The Kier molecular flexibility index (Phi) is 4.29. The molecule has 0 fully saturated rings. The Bertz CT molecular complexity index is 1830. The van der Waals surface area contributed by atoms with E-state index in [4.69, 9.17) is 9.97 Å². The Hall–Kier alpha value is -4.77. The average Bonchev–Trinajstić information content (AvgIpc) is 3.48. The van der Waals surface area contributed by atoms with Crippen LogP contribution >= 0.6 is 0 Å². The summed E-state index contributed by atoms with van der Waals surface area (Å²) in [6.45, 7) is 0. The average molecular weight is 455 g/mol. The highest BCUT2D eigenvalue weighted by molar-refractivity contribution is 6.21. The van der Waals surface area contributed by atoms with Gasteiger partial charge in [-0.05, 0) is 35.9 Å². The maximum absolute atomic E-state index is 14.0. The van der Waals surface area contributed by atoms with E-state index >= 15 is 0 Å². The van der Waals surface area contributed by atoms with Crippen LogP contribution in [0.5, 0.6) is 0 Å². The summed E-state index contributed by atoms with van der Waals surface area (Å²) in [7, 11) is 0. The molecule has 0 saturated carbocycles. The van der Waals surface area contributed by atoms with Gasteiger partial charge < -0.3 is 0 Å². The lowest BCUT2D eigenvalue weighted by molar-refractivity contribution is 0.628. The first-order valence-corrected chi connectivity index (χ1v) is 11.5. The highest BCUT2D eigenvalue weighted by atomic mass is 19.1. The number of nitrogens with one attached hydrogen (secondary N) is 1. The third-order valence-electron chi connectivity index (χ3n) is 6.45. The van der Waals surface area contributed by atoms with E-state index in [0.717, 1.165) is 55.4 Å². The smallest absolute Gasteiger partial charge is 0.164 e. The van der Waals surface area contributed by atoms with Crippen LogP contribution in [0.1, 0.15) is 0 Å². The molecule has 7 aromatic rings. The Morgan fingerprint density at radius 3 is 2.09 bits per heavy atom. The molecule has 5 heteroatoms. The van der Waals surface area contributed by atoms with Gasteiger partial charge in [0, 0.05) is 21.9 Å². The van der Waals surface area contributed by atoms with Gasteiger partial charge in [0.2, 0.25) is 0 Å². The molecule has 0 saturated heterocycles. The third kappa shape index (κ3) is 3.05. The van der Waals surface area contributed by atoms with Crippen molar-refractivity contribution in [1.29, 1.82) is 0 Å². The van der Waals surface area contributed by atoms with Gasteiger partial charge in [0.1, 0.15) is 5.82 Å². The van der Waals surface area contributed by atoms with Crippen LogP contribution in [0, 0.1) is 5.82 Å². The molecule has 7 rings (SSSR count). The standard InChI is InChI=1S/C30H19FN4/c31-21-17-15-19(16-18-21)25-26-23-13-7-8-14-24(23)32-29(26)33-30-27(25)28(20-9-3-1-4-10-20)34-35(30)22-11-5-2-6-12-22/h1-18,34H. The highest BCUT2D eigenvalue weighted by Crippen LogP contribution is 2.43. The van der Waals surface area contributed by atoms with E-state index in [9.17, 15) is 4.39 Å². The van der Waals surface area contributed by atoms with Crippen molar-refractivity contribution in [2.45, 2.75) is 0 Å². The molecule has 3 aromatic heterocycles. The van der Waals surface area contributed by atoms with Crippen molar-refractivity contribution in [2.75, 3.05) is 0 Å². The van der Waals surface area contributed by atoms with E-state index in [2.05, 4.69) is 23.3 Å². The summed E-state index contributed by atoms with van der Waals surface area (Å²) in [6, 6.07) is 35.1. The first-order valence-electron chi connectivity index (χ1n) is 11.5. The summed E-state index contributed by atoms with van der Waals surface area (Å²) < 4.78 is 16.0. The molecule has 1 N–H and O–H groups in total. The first-order chi connectivity index (χ1) is 17.3. The van der Waals surface area contributed by atoms with Crippen LogP contribution in [0.3, 0.4) is 0 Å².